The Balaban J connectivity index is 1.14. The summed E-state index contributed by atoms with van der Waals surface area (Å²) in [5, 5.41) is 9.85. The minimum atomic E-state index is -0.558. The largest absolute Gasteiger partial charge is 0.352 e. The van der Waals surface area contributed by atoms with E-state index in [4.69, 9.17) is 11.6 Å². The van der Waals surface area contributed by atoms with E-state index in [1.54, 1.807) is 0 Å². The molecule has 2 aromatic carbocycles. The lowest BCUT2D eigenvalue weighted by atomic mass is 9.82. The van der Waals surface area contributed by atoms with Crippen LogP contribution in [0.5, 0.6) is 0 Å². The highest BCUT2D eigenvalue weighted by Gasteiger charge is 2.74. The van der Waals surface area contributed by atoms with Crippen molar-refractivity contribution in [3.8, 4) is 11.3 Å². The molecule has 0 spiro atoms. The summed E-state index contributed by atoms with van der Waals surface area (Å²) in [5.41, 5.74) is 2.88. The molecule has 0 radical (unpaired) electrons. The van der Waals surface area contributed by atoms with Crippen LogP contribution in [-0.4, -0.2) is 32.8 Å². The molecule has 2 aliphatic carbocycles. The van der Waals surface area contributed by atoms with E-state index in [0.29, 0.717) is 11.6 Å². The lowest BCUT2D eigenvalue weighted by Gasteiger charge is -2.33. The second-order valence-electron chi connectivity index (χ2n) is 10.0. The Kier molecular flexibility index (Phi) is 5.65. The summed E-state index contributed by atoms with van der Waals surface area (Å²) in [6, 6.07) is 15.9. The smallest absolute Gasteiger partial charge is 0.230 e. The summed E-state index contributed by atoms with van der Waals surface area (Å²) >= 11 is 7.56. The summed E-state index contributed by atoms with van der Waals surface area (Å²) in [5.74, 6) is 0.184. The van der Waals surface area contributed by atoms with E-state index >= 15 is 0 Å². The van der Waals surface area contributed by atoms with Crippen LogP contribution in [-0.2, 0) is 16.1 Å². The number of aromatic nitrogens is 2. The molecule has 2 amide bonds. The quantitative estimate of drug-likeness (QED) is 0.465. The molecule has 1 atom stereocenters. The van der Waals surface area contributed by atoms with E-state index in [1.807, 2.05) is 52.7 Å². The van der Waals surface area contributed by atoms with Crippen molar-refractivity contribution in [3.63, 3.8) is 0 Å². The summed E-state index contributed by atoms with van der Waals surface area (Å²) in [7, 11) is 0. The van der Waals surface area contributed by atoms with Gasteiger partial charge in [-0.1, -0.05) is 52.5 Å². The molecule has 3 aromatic rings. The molecule has 6 nitrogen and oxygen atoms in total. The summed E-state index contributed by atoms with van der Waals surface area (Å²) in [6.45, 7) is 1.20. The first-order valence-electron chi connectivity index (χ1n) is 12.2. The van der Waals surface area contributed by atoms with Gasteiger partial charge in [-0.05, 0) is 73.3 Å². The van der Waals surface area contributed by atoms with Crippen LogP contribution in [0.25, 0.3) is 11.3 Å². The highest BCUT2D eigenvalue weighted by atomic mass is 35.5. The molecule has 3 aliphatic rings. The van der Waals surface area contributed by atoms with Gasteiger partial charge in [-0.15, -0.1) is 5.10 Å². The fourth-order valence-corrected chi connectivity index (χ4v) is 6.51. The topological polar surface area (TPSA) is 75.2 Å². The van der Waals surface area contributed by atoms with Gasteiger partial charge in [-0.2, -0.15) is 0 Å². The molecule has 180 valence electrons. The third kappa shape index (κ3) is 3.95. The zero-order chi connectivity index (χ0) is 24.0. The van der Waals surface area contributed by atoms with E-state index in [9.17, 15) is 9.59 Å². The van der Waals surface area contributed by atoms with Gasteiger partial charge in [0.15, 0.2) is 0 Å². The Morgan fingerprint density at radius 1 is 1.09 bits per heavy atom. The molecule has 3 fully saturated rings. The van der Waals surface area contributed by atoms with Crippen LogP contribution in [0, 0.1) is 10.8 Å². The van der Waals surface area contributed by atoms with Crippen molar-refractivity contribution in [3.05, 3.63) is 70.1 Å². The van der Waals surface area contributed by atoms with Crippen molar-refractivity contribution in [2.24, 2.45) is 10.8 Å². The number of nitrogens with zero attached hydrogens (tertiary/aromatic N) is 3. The predicted molar refractivity (Wildman–Crippen MR) is 136 cm³/mol. The van der Waals surface area contributed by atoms with Crippen molar-refractivity contribution in [2.45, 2.75) is 51.1 Å². The van der Waals surface area contributed by atoms with E-state index in [0.717, 1.165) is 67.5 Å². The van der Waals surface area contributed by atoms with Gasteiger partial charge in [0.05, 0.1) is 16.9 Å². The molecule has 2 heterocycles. The highest BCUT2D eigenvalue weighted by Crippen LogP contribution is 2.71. The molecule has 1 aromatic heterocycles. The van der Waals surface area contributed by atoms with Gasteiger partial charge in [-0.25, -0.2) is 0 Å². The molecule has 1 N–H and O–H groups in total. The first-order chi connectivity index (χ1) is 17.0. The van der Waals surface area contributed by atoms with Crippen LogP contribution in [0.2, 0.25) is 5.02 Å². The molecular formula is C27H27ClN4O2S. The Bertz CT molecular complexity index is 1250. The summed E-state index contributed by atoms with van der Waals surface area (Å²) in [6.07, 6.45) is 5.09. The van der Waals surface area contributed by atoms with Crippen molar-refractivity contribution < 1.29 is 9.59 Å². The average molecular weight is 507 g/mol. The summed E-state index contributed by atoms with van der Waals surface area (Å²) < 4.78 is 3.91. The molecule has 6 rings (SSSR count). The Labute approximate surface area is 213 Å². The van der Waals surface area contributed by atoms with Gasteiger partial charge in [0.25, 0.3) is 0 Å². The van der Waals surface area contributed by atoms with E-state index in [1.165, 1.54) is 11.5 Å². The van der Waals surface area contributed by atoms with Crippen molar-refractivity contribution in [1.29, 1.82) is 0 Å². The summed E-state index contributed by atoms with van der Waals surface area (Å²) in [4.78, 5) is 29.4. The lowest BCUT2D eigenvalue weighted by molar-refractivity contribution is -0.146. The van der Waals surface area contributed by atoms with E-state index in [2.05, 4.69) is 21.0 Å². The second-order valence-corrected chi connectivity index (χ2v) is 11.1. The van der Waals surface area contributed by atoms with E-state index < -0.39 is 10.8 Å². The standard InChI is InChI=1S/C27H27ClN4O2S/c28-21-4-1-3-20(15-21)23-5-2-14-32(23)25(34)27(12-13-27)26(10-11-26)24(33)29-16-18-6-8-19(9-7-18)22-17-35-31-30-22/h1,3-4,6-9,15,17,23H,2,5,10-14,16H2,(H,29,33). The maximum atomic E-state index is 13.9. The number of nitrogens with one attached hydrogen (secondary N) is 1. The molecule has 2 saturated carbocycles. The van der Waals surface area contributed by atoms with Crippen LogP contribution in [0.1, 0.15) is 55.7 Å². The Hall–Kier alpha value is -2.77. The number of halogens is 1. The first-order valence-corrected chi connectivity index (χ1v) is 13.5. The zero-order valence-corrected chi connectivity index (χ0v) is 20.9. The number of amides is 2. The third-order valence-electron chi connectivity index (χ3n) is 8.07. The molecule has 35 heavy (non-hydrogen) atoms. The molecule has 1 saturated heterocycles. The third-order valence-corrected chi connectivity index (χ3v) is 8.81. The first kappa shape index (κ1) is 22.7. The fraction of sp³-hybridized carbons (Fsp3) is 0.407. The molecule has 1 aliphatic heterocycles. The van der Waals surface area contributed by atoms with E-state index in [-0.39, 0.29) is 17.9 Å². The number of carbonyl (C=O) groups excluding carboxylic acids is 2. The normalized spacial score (nSPS) is 21.5. The Morgan fingerprint density at radius 3 is 2.51 bits per heavy atom. The van der Waals surface area contributed by atoms with Crippen LogP contribution in [0.3, 0.4) is 0 Å². The highest BCUT2D eigenvalue weighted by molar-refractivity contribution is 7.03. The maximum absolute atomic E-state index is 13.9. The van der Waals surface area contributed by atoms with Gasteiger partial charge >= 0.3 is 0 Å². The monoisotopic (exact) mass is 506 g/mol. The molecular weight excluding hydrogens is 480 g/mol. The van der Waals surface area contributed by atoms with Crippen molar-refractivity contribution >= 4 is 34.9 Å². The average Bonchev–Trinajstić information content (AvgIpc) is 3.74. The second kappa shape index (κ2) is 8.71. The van der Waals surface area contributed by atoms with Gasteiger partial charge in [0, 0.05) is 29.1 Å². The number of carbonyl (C=O) groups is 2. The number of benzene rings is 2. The SMILES string of the molecule is O=C(NCc1ccc(-c2csnn2)cc1)C1(C2(C(=O)N3CCCC3c3cccc(Cl)c3)CC2)CC1. The van der Waals surface area contributed by atoms with Crippen LogP contribution < -0.4 is 5.32 Å². The minimum absolute atomic E-state index is 0.0228. The Morgan fingerprint density at radius 2 is 1.86 bits per heavy atom. The molecule has 8 heteroatoms. The van der Waals surface area contributed by atoms with Crippen LogP contribution in [0.4, 0.5) is 0 Å². The van der Waals surface area contributed by atoms with Crippen LogP contribution in [0.15, 0.2) is 53.9 Å². The number of rotatable bonds is 7. The number of hydrogen-bond donors (Lipinski definition) is 1. The molecule has 1 unspecified atom stereocenters. The fourth-order valence-electron chi connectivity index (χ4n) is 5.85. The van der Waals surface area contributed by atoms with Gasteiger partial charge in [0.1, 0.15) is 5.69 Å². The molecule has 0 bridgehead atoms. The van der Waals surface area contributed by atoms with Gasteiger partial charge in [0.2, 0.25) is 11.8 Å². The van der Waals surface area contributed by atoms with Crippen molar-refractivity contribution in [2.75, 3.05) is 6.54 Å². The maximum Gasteiger partial charge on any atom is 0.230 e. The van der Waals surface area contributed by atoms with Gasteiger partial charge < -0.3 is 10.2 Å². The van der Waals surface area contributed by atoms with Crippen LogP contribution >= 0.6 is 23.1 Å². The predicted octanol–water partition coefficient (Wildman–Crippen LogP) is 5.40. The van der Waals surface area contributed by atoms with Crippen molar-refractivity contribution in [1.82, 2.24) is 19.8 Å². The minimum Gasteiger partial charge on any atom is -0.352 e. The van der Waals surface area contributed by atoms with Gasteiger partial charge in [-0.3, -0.25) is 9.59 Å². The zero-order valence-electron chi connectivity index (χ0n) is 19.4. The number of hydrogen-bond acceptors (Lipinski definition) is 5. The lowest BCUT2D eigenvalue weighted by Crippen LogP contribution is -2.46. The number of likely N-dealkylation sites (tertiary alicyclic amines) is 1.